The van der Waals surface area contributed by atoms with Gasteiger partial charge in [0.05, 0.1) is 29.8 Å². The first-order valence-corrected chi connectivity index (χ1v) is 9.09. The normalized spacial score (nSPS) is 10.9. The monoisotopic (exact) mass is 358 g/mol. The lowest BCUT2D eigenvalue weighted by Crippen LogP contribution is -2.09. The minimum Gasteiger partial charge on any atom is -0.375 e. The minimum absolute atomic E-state index is 0.571. The standard InChI is InChI=1S/C21H22N6/c1-3-19-18(13-24-27(19)20-12-8-7-9-16(20)2)22-14-21-25-23-15-26(21)17-10-5-4-6-11-17/h4-13,15,22H,3,14H2,1-2H3. The summed E-state index contributed by atoms with van der Waals surface area (Å²) in [5.41, 5.74) is 5.52. The van der Waals surface area contributed by atoms with E-state index in [0.717, 1.165) is 35.0 Å². The van der Waals surface area contributed by atoms with E-state index in [1.807, 2.05) is 57.9 Å². The summed E-state index contributed by atoms with van der Waals surface area (Å²) in [7, 11) is 0. The fourth-order valence-corrected chi connectivity index (χ4v) is 3.23. The number of anilines is 1. The second-order valence-corrected chi connectivity index (χ2v) is 6.36. The predicted octanol–water partition coefficient (Wildman–Crippen LogP) is 3.94. The number of para-hydroxylation sites is 2. The average Bonchev–Trinajstić information content (AvgIpc) is 3.34. The minimum atomic E-state index is 0.571. The van der Waals surface area contributed by atoms with Crippen molar-refractivity contribution in [2.24, 2.45) is 0 Å². The fourth-order valence-electron chi connectivity index (χ4n) is 3.23. The second kappa shape index (κ2) is 7.45. The van der Waals surface area contributed by atoms with Gasteiger partial charge in [-0.25, -0.2) is 4.68 Å². The van der Waals surface area contributed by atoms with E-state index >= 15 is 0 Å². The van der Waals surface area contributed by atoms with Crippen LogP contribution >= 0.6 is 0 Å². The van der Waals surface area contributed by atoms with Gasteiger partial charge in [0.25, 0.3) is 0 Å². The van der Waals surface area contributed by atoms with Crippen molar-refractivity contribution in [2.75, 3.05) is 5.32 Å². The van der Waals surface area contributed by atoms with Crippen LogP contribution in [0.3, 0.4) is 0 Å². The Bertz CT molecular complexity index is 1030. The van der Waals surface area contributed by atoms with Crippen molar-refractivity contribution in [3.63, 3.8) is 0 Å². The van der Waals surface area contributed by atoms with Gasteiger partial charge >= 0.3 is 0 Å². The molecule has 4 aromatic rings. The lowest BCUT2D eigenvalue weighted by Gasteiger charge is -2.12. The molecule has 0 aliphatic rings. The maximum Gasteiger partial charge on any atom is 0.156 e. The van der Waals surface area contributed by atoms with Crippen LogP contribution < -0.4 is 5.32 Å². The van der Waals surface area contributed by atoms with E-state index in [2.05, 4.69) is 46.6 Å². The Morgan fingerprint density at radius 3 is 2.56 bits per heavy atom. The molecule has 0 atom stereocenters. The molecule has 6 nitrogen and oxygen atoms in total. The van der Waals surface area contributed by atoms with Gasteiger partial charge in [0.2, 0.25) is 0 Å². The summed E-state index contributed by atoms with van der Waals surface area (Å²) >= 11 is 0. The summed E-state index contributed by atoms with van der Waals surface area (Å²) in [6, 6.07) is 18.4. The summed E-state index contributed by atoms with van der Waals surface area (Å²) in [5.74, 6) is 0.854. The molecule has 0 radical (unpaired) electrons. The van der Waals surface area contributed by atoms with Gasteiger partial charge in [-0.1, -0.05) is 43.3 Å². The quantitative estimate of drug-likeness (QED) is 0.567. The predicted molar refractivity (Wildman–Crippen MR) is 106 cm³/mol. The number of rotatable bonds is 6. The van der Waals surface area contributed by atoms with Gasteiger partial charge in [-0.15, -0.1) is 10.2 Å². The van der Waals surface area contributed by atoms with E-state index in [-0.39, 0.29) is 0 Å². The zero-order valence-corrected chi connectivity index (χ0v) is 15.5. The third kappa shape index (κ3) is 3.33. The van der Waals surface area contributed by atoms with Crippen LogP contribution in [-0.4, -0.2) is 24.5 Å². The van der Waals surface area contributed by atoms with E-state index in [1.54, 1.807) is 6.33 Å². The molecule has 0 saturated carbocycles. The van der Waals surface area contributed by atoms with Crippen LogP contribution in [0.1, 0.15) is 24.0 Å². The first-order chi connectivity index (χ1) is 13.3. The largest absolute Gasteiger partial charge is 0.375 e. The van der Waals surface area contributed by atoms with Gasteiger partial charge in [-0.3, -0.25) is 4.57 Å². The van der Waals surface area contributed by atoms with Crippen LogP contribution in [0.25, 0.3) is 11.4 Å². The summed E-state index contributed by atoms with van der Waals surface area (Å²) in [6.45, 7) is 4.82. The van der Waals surface area contributed by atoms with E-state index in [9.17, 15) is 0 Å². The zero-order valence-electron chi connectivity index (χ0n) is 15.5. The SMILES string of the molecule is CCc1c(NCc2nncn2-c2ccccc2)cnn1-c1ccccc1C. The van der Waals surface area contributed by atoms with Crippen LogP contribution in [0, 0.1) is 6.92 Å². The van der Waals surface area contributed by atoms with E-state index < -0.39 is 0 Å². The molecule has 0 saturated heterocycles. The molecule has 0 aliphatic heterocycles. The number of aromatic nitrogens is 5. The van der Waals surface area contributed by atoms with Crippen LogP contribution in [0.5, 0.6) is 0 Å². The van der Waals surface area contributed by atoms with Crippen molar-refractivity contribution in [2.45, 2.75) is 26.8 Å². The Balaban J connectivity index is 1.59. The summed E-state index contributed by atoms with van der Waals surface area (Å²) in [6.07, 6.45) is 4.50. The summed E-state index contributed by atoms with van der Waals surface area (Å²) < 4.78 is 4.00. The van der Waals surface area contributed by atoms with Crippen molar-refractivity contribution in [1.29, 1.82) is 0 Å². The number of nitrogens with zero attached hydrogens (tertiary/aromatic N) is 5. The molecule has 0 aliphatic carbocycles. The molecule has 6 heteroatoms. The Morgan fingerprint density at radius 2 is 1.78 bits per heavy atom. The van der Waals surface area contributed by atoms with E-state index in [0.29, 0.717) is 6.54 Å². The molecular formula is C21H22N6. The zero-order chi connectivity index (χ0) is 18.6. The molecule has 0 spiro atoms. The number of hydrogen-bond acceptors (Lipinski definition) is 4. The Labute approximate surface area is 158 Å². The molecule has 136 valence electrons. The van der Waals surface area contributed by atoms with Crippen LogP contribution in [0.15, 0.2) is 67.1 Å². The van der Waals surface area contributed by atoms with Gasteiger partial charge in [0.1, 0.15) is 6.33 Å². The van der Waals surface area contributed by atoms with Gasteiger partial charge in [-0.2, -0.15) is 5.10 Å². The molecule has 0 unspecified atom stereocenters. The third-order valence-corrected chi connectivity index (χ3v) is 4.64. The Morgan fingerprint density at radius 1 is 1.00 bits per heavy atom. The van der Waals surface area contributed by atoms with Crippen LogP contribution in [0.2, 0.25) is 0 Å². The van der Waals surface area contributed by atoms with Crippen molar-refractivity contribution >= 4 is 5.69 Å². The average molecular weight is 358 g/mol. The fraction of sp³-hybridized carbons (Fsp3) is 0.190. The van der Waals surface area contributed by atoms with Crippen molar-refractivity contribution in [1.82, 2.24) is 24.5 Å². The molecular weight excluding hydrogens is 336 g/mol. The number of benzene rings is 2. The summed E-state index contributed by atoms with van der Waals surface area (Å²) in [4.78, 5) is 0. The van der Waals surface area contributed by atoms with Crippen LogP contribution in [0.4, 0.5) is 5.69 Å². The van der Waals surface area contributed by atoms with Gasteiger partial charge in [0.15, 0.2) is 5.82 Å². The van der Waals surface area contributed by atoms with E-state index in [4.69, 9.17) is 0 Å². The molecule has 0 fully saturated rings. The molecule has 0 amide bonds. The topological polar surface area (TPSA) is 60.6 Å². The number of nitrogens with one attached hydrogen (secondary N) is 1. The first kappa shape index (κ1) is 17.0. The van der Waals surface area contributed by atoms with Crippen molar-refractivity contribution in [3.8, 4) is 11.4 Å². The highest BCUT2D eigenvalue weighted by molar-refractivity contribution is 5.52. The Kier molecular flexibility index (Phi) is 4.70. The van der Waals surface area contributed by atoms with Crippen molar-refractivity contribution in [3.05, 3.63) is 84.2 Å². The maximum absolute atomic E-state index is 4.61. The molecule has 1 N–H and O–H groups in total. The molecule has 27 heavy (non-hydrogen) atoms. The lowest BCUT2D eigenvalue weighted by atomic mass is 10.2. The van der Waals surface area contributed by atoms with Crippen molar-refractivity contribution < 1.29 is 0 Å². The Hall–Kier alpha value is -3.41. The lowest BCUT2D eigenvalue weighted by molar-refractivity contribution is 0.808. The highest BCUT2D eigenvalue weighted by Crippen LogP contribution is 2.22. The molecule has 0 bridgehead atoms. The molecule has 2 aromatic heterocycles. The first-order valence-electron chi connectivity index (χ1n) is 9.09. The maximum atomic E-state index is 4.61. The van der Waals surface area contributed by atoms with Crippen LogP contribution in [-0.2, 0) is 13.0 Å². The van der Waals surface area contributed by atoms with Gasteiger partial charge in [0, 0.05) is 5.69 Å². The van der Waals surface area contributed by atoms with E-state index in [1.165, 1.54) is 5.56 Å². The third-order valence-electron chi connectivity index (χ3n) is 4.64. The smallest absolute Gasteiger partial charge is 0.156 e. The van der Waals surface area contributed by atoms with Gasteiger partial charge in [-0.05, 0) is 37.1 Å². The highest BCUT2D eigenvalue weighted by Gasteiger charge is 2.13. The highest BCUT2D eigenvalue weighted by atomic mass is 15.3. The molecule has 4 rings (SSSR count). The molecule has 2 aromatic carbocycles. The number of aryl methyl sites for hydroxylation is 1. The number of hydrogen-bond donors (Lipinski definition) is 1. The second-order valence-electron chi connectivity index (χ2n) is 6.36. The summed E-state index contributed by atoms with van der Waals surface area (Å²) in [5, 5.41) is 16.4. The molecule has 2 heterocycles. The van der Waals surface area contributed by atoms with Gasteiger partial charge < -0.3 is 5.32 Å².